The molecular formula is C21H24FN7O. The molecule has 4 fully saturated rings. The summed E-state index contributed by atoms with van der Waals surface area (Å²) in [6.45, 7) is 1.25. The van der Waals surface area contributed by atoms with Crippen LogP contribution in [-0.4, -0.2) is 57.0 Å². The number of fused-ring (bicyclic) bond motifs is 1. The molecule has 3 aromatic rings. The molecule has 0 amide bonds. The van der Waals surface area contributed by atoms with Crippen molar-refractivity contribution in [1.29, 1.82) is 0 Å². The molecule has 1 aliphatic heterocycles. The number of nitrogens with zero attached hydrogens (tertiary/aromatic N) is 5. The van der Waals surface area contributed by atoms with Gasteiger partial charge in [0.15, 0.2) is 5.65 Å². The summed E-state index contributed by atoms with van der Waals surface area (Å²) in [5.74, 6) is 2.06. The Morgan fingerprint density at radius 3 is 2.90 bits per heavy atom. The summed E-state index contributed by atoms with van der Waals surface area (Å²) in [6.07, 6.45) is 6.58. The van der Waals surface area contributed by atoms with Crippen LogP contribution < -0.4 is 15.4 Å². The number of methoxy groups -OCH3 is 1. The minimum atomic E-state index is -0.918. The lowest BCUT2D eigenvalue weighted by Gasteiger charge is -2.61. The van der Waals surface area contributed by atoms with Crippen LogP contribution in [0.25, 0.3) is 17.0 Å². The number of alkyl halides is 1. The maximum atomic E-state index is 14.2. The second-order valence-electron chi connectivity index (χ2n) is 8.76. The number of halogens is 1. The summed E-state index contributed by atoms with van der Waals surface area (Å²) in [5.41, 5.74) is 3.37. The molecule has 1 saturated heterocycles. The fourth-order valence-corrected chi connectivity index (χ4v) is 5.07. The van der Waals surface area contributed by atoms with Crippen molar-refractivity contribution in [3.8, 4) is 17.1 Å². The normalized spacial score (nSPS) is 29.9. The molecule has 4 aliphatic rings. The molecule has 2 N–H and O–H groups in total. The van der Waals surface area contributed by atoms with Gasteiger partial charge in [-0.15, -0.1) is 0 Å². The second kappa shape index (κ2) is 6.60. The summed E-state index contributed by atoms with van der Waals surface area (Å²) in [4.78, 5) is 13.4. The standard InChI is InChI=1S/C21H24FN7O/c1-30-17-6-18-25-11-16(29(18)28-19(17)21-7-12(8-21)9-21)14-3-5-24-20(26-14)27-15-10-23-4-2-13(15)22/h3,5-6,11-13,15,23H,2,4,7-10H2,1H3,(H,24,26,27)/t12?,13-,15-,21?/m0/s1. The molecule has 156 valence electrons. The van der Waals surface area contributed by atoms with Crippen molar-refractivity contribution in [2.24, 2.45) is 5.92 Å². The molecule has 2 atom stereocenters. The van der Waals surface area contributed by atoms with Gasteiger partial charge in [0.25, 0.3) is 0 Å². The smallest absolute Gasteiger partial charge is 0.223 e. The molecule has 4 heterocycles. The van der Waals surface area contributed by atoms with Gasteiger partial charge >= 0.3 is 0 Å². The average Bonchev–Trinajstić information content (AvgIpc) is 3.10. The zero-order chi connectivity index (χ0) is 20.3. The van der Waals surface area contributed by atoms with Gasteiger partial charge in [0.2, 0.25) is 5.95 Å². The summed E-state index contributed by atoms with van der Waals surface area (Å²) in [5, 5.41) is 11.3. The van der Waals surface area contributed by atoms with Crippen LogP contribution in [0.5, 0.6) is 5.75 Å². The number of anilines is 1. The highest BCUT2D eigenvalue weighted by Crippen LogP contribution is 2.66. The lowest BCUT2D eigenvalue weighted by atomic mass is 9.43. The number of piperidine rings is 1. The third-order valence-electron chi connectivity index (χ3n) is 6.85. The Kier molecular flexibility index (Phi) is 3.96. The minimum absolute atomic E-state index is 0.161. The summed E-state index contributed by atoms with van der Waals surface area (Å²) in [6, 6.07) is 3.44. The van der Waals surface area contributed by atoms with Gasteiger partial charge in [-0.25, -0.2) is 23.9 Å². The van der Waals surface area contributed by atoms with Crippen LogP contribution in [0.1, 0.15) is 31.4 Å². The molecule has 30 heavy (non-hydrogen) atoms. The molecule has 0 spiro atoms. The number of hydrogen-bond acceptors (Lipinski definition) is 7. The predicted octanol–water partition coefficient (Wildman–Crippen LogP) is 2.36. The van der Waals surface area contributed by atoms with Crippen LogP contribution in [-0.2, 0) is 5.41 Å². The fraction of sp³-hybridized carbons (Fsp3) is 0.524. The first kappa shape index (κ1) is 18.0. The van der Waals surface area contributed by atoms with Crippen LogP contribution in [0.2, 0.25) is 0 Å². The number of hydrogen-bond donors (Lipinski definition) is 2. The van der Waals surface area contributed by atoms with Crippen molar-refractivity contribution in [2.45, 2.75) is 43.3 Å². The number of ether oxygens (including phenoxy) is 1. The first-order valence-corrected chi connectivity index (χ1v) is 10.5. The van der Waals surface area contributed by atoms with Crippen molar-refractivity contribution < 1.29 is 9.13 Å². The second-order valence-corrected chi connectivity index (χ2v) is 8.76. The van der Waals surface area contributed by atoms with Gasteiger partial charge in [-0.05, 0) is 44.2 Å². The first-order chi connectivity index (χ1) is 14.6. The summed E-state index contributed by atoms with van der Waals surface area (Å²) >= 11 is 0. The van der Waals surface area contributed by atoms with Crippen molar-refractivity contribution in [3.05, 3.63) is 30.2 Å². The Balaban J connectivity index is 1.36. The molecular weight excluding hydrogens is 385 g/mol. The van der Waals surface area contributed by atoms with Crippen LogP contribution in [0.15, 0.2) is 24.5 Å². The molecule has 0 radical (unpaired) electrons. The number of nitrogens with one attached hydrogen (secondary N) is 2. The van der Waals surface area contributed by atoms with E-state index < -0.39 is 6.17 Å². The van der Waals surface area contributed by atoms with Gasteiger partial charge in [0.05, 0.1) is 25.0 Å². The van der Waals surface area contributed by atoms with E-state index in [1.54, 1.807) is 19.5 Å². The molecule has 9 heteroatoms. The maximum absolute atomic E-state index is 14.2. The molecule has 3 saturated carbocycles. The third-order valence-corrected chi connectivity index (χ3v) is 6.85. The monoisotopic (exact) mass is 409 g/mol. The Labute approximate surface area is 173 Å². The molecule has 0 aromatic carbocycles. The Bertz CT molecular complexity index is 1100. The fourth-order valence-electron chi connectivity index (χ4n) is 5.07. The van der Waals surface area contributed by atoms with E-state index in [2.05, 4.69) is 25.6 Å². The van der Waals surface area contributed by atoms with E-state index in [0.29, 0.717) is 36.8 Å². The topological polar surface area (TPSA) is 89.3 Å². The zero-order valence-electron chi connectivity index (χ0n) is 16.8. The third kappa shape index (κ3) is 2.68. The SMILES string of the molecule is COc1cc2ncc(-c3ccnc(N[C@H]4CNCC[C@@H]4F)n3)n2nc1C12CC(C1)C2. The van der Waals surface area contributed by atoms with E-state index in [1.807, 2.05) is 16.6 Å². The van der Waals surface area contributed by atoms with Gasteiger partial charge in [0, 0.05) is 24.2 Å². The highest BCUT2D eigenvalue weighted by atomic mass is 19.1. The number of aromatic nitrogens is 5. The summed E-state index contributed by atoms with van der Waals surface area (Å²) < 4.78 is 21.7. The van der Waals surface area contributed by atoms with E-state index >= 15 is 0 Å². The highest BCUT2D eigenvalue weighted by Gasteiger charge is 2.59. The summed E-state index contributed by atoms with van der Waals surface area (Å²) in [7, 11) is 1.69. The molecule has 3 aliphatic carbocycles. The van der Waals surface area contributed by atoms with Crippen molar-refractivity contribution in [3.63, 3.8) is 0 Å². The lowest BCUT2D eigenvalue weighted by Crippen LogP contribution is -2.56. The van der Waals surface area contributed by atoms with E-state index in [0.717, 1.165) is 23.1 Å². The lowest BCUT2D eigenvalue weighted by molar-refractivity contribution is -0.0333. The maximum Gasteiger partial charge on any atom is 0.223 e. The molecule has 2 bridgehead atoms. The van der Waals surface area contributed by atoms with Gasteiger partial charge in [0.1, 0.15) is 23.3 Å². The van der Waals surface area contributed by atoms with Crippen LogP contribution in [0.4, 0.5) is 10.3 Å². The Hall–Kier alpha value is -2.81. The van der Waals surface area contributed by atoms with E-state index in [1.165, 1.54) is 19.3 Å². The molecule has 7 rings (SSSR count). The molecule has 3 aromatic heterocycles. The average molecular weight is 409 g/mol. The van der Waals surface area contributed by atoms with Crippen molar-refractivity contribution in [2.75, 3.05) is 25.5 Å². The quantitative estimate of drug-likeness (QED) is 0.669. The Morgan fingerprint density at radius 2 is 2.17 bits per heavy atom. The van der Waals surface area contributed by atoms with Crippen LogP contribution in [0.3, 0.4) is 0 Å². The number of imidazole rings is 1. The minimum Gasteiger partial charge on any atom is -0.495 e. The molecule has 8 nitrogen and oxygen atoms in total. The van der Waals surface area contributed by atoms with Gasteiger partial charge < -0.3 is 15.4 Å². The predicted molar refractivity (Wildman–Crippen MR) is 109 cm³/mol. The van der Waals surface area contributed by atoms with Gasteiger partial charge in [-0.1, -0.05) is 0 Å². The Morgan fingerprint density at radius 1 is 1.30 bits per heavy atom. The van der Waals surface area contributed by atoms with Crippen LogP contribution in [0, 0.1) is 5.92 Å². The van der Waals surface area contributed by atoms with Crippen LogP contribution >= 0.6 is 0 Å². The molecule has 0 unspecified atom stereocenters. The first-order valence-electron chi connectivity index (χ1n) is 10.5. The van der Waals surface area contributed by atoms with E-state index in [-0.39, 0.29) is 11.5 Å². The van der Waals surface area contributed by atoms with Gasteiger partial charge in [-0.3, -0.25) is 0 Å². The van der Waals surface area contributed by atoms with Gasteiger partial charge in [-0.2, -0.15) is 5.10 Å². The van der Waals surface area contributed by atoms with Crippen molar-refractivity contribution in [1.82, 2.24) is 29.9 Å². The zero-order valence-corrected chi connectivity index (χ0v) is 16.8. The van der Waals surface area contributed by atoms with E-state index in [9.17, 15) is 4.39 Å². The van der Waals surface area contributed by atoms with E-state index in [4.69, 9.17) is 9.84 Å². The highest BCUT2D eigenvalue weighted by molar-refractivity contribution is 5.62. The number of rotatable bonds is 5. The largest absolute Gasteiger partial charge is 0.495 e. The van der Waals surface area contributed by atoms with Crippen molar-refractivity contribution >= 4 is 11.6 Å².